The van der Waals surface area contributed by atoms with Crippen LogP contribution in [0.2, 0.25) is 0 Å². The van der Waals surface area contributed by atoms with Crippen LogP contribution < -0.4 is 5.32 Å². The van der Waals surface area contributed by atoms with Crippen LogP contribution in [0.5, 0.6) is 0 Å². The fourth-order valence-electron chi connectivity index (χ4n) is 2.51. The Bertz CT molecular complexity index is 541. The van der Waals surface area contributed by atoms with Crippen molar-refractivity contribution in [3.05, 3.63) is 16.1 Å². The predicted octanol–water partition coefficient (Wildman–Crippen LogP) is 2.71. The fourth-order valence-corrected chi connectivity index (χ4v) is 3.25. The Morgan fingerprint density at radius 2 is 2.00 bits per heavy atom. The van der Waals surface area contributed by atoms with Gasteiger partial charge in [0.05, 0.1) is 11.6 Å². The van der Waals surface area contributed by atoms with Gasteiger partial charge in [0.15, 0.2) is 5.96 Å². The number of rotatable bonds is 3. The van der Waals surface area contributed by atoms with Crippen molar-refractivity contribution >= 4 is 41.3 Å². The summed E-state index contributed by atoms with van der Waals surface area (Å²) in [7, 11) is 1.69. The minimum Gasteiger partial charge on any atom is -0.351 e. The molecule has 1 atom stereocenters. The summed E-state index contributed by atoms with van der Waals surface area (Å²) >= 11 is 1.61. The third-order valence-electron chi connectivity index (χ3n) is 3.94. The van der Waals surface area contributed by atoms with E-state index in [-0.39, 0.29) is 24.0 Å². The van der Waals surface area contributed by atoms with Crippen LogP contribution in [0.25, 0.3) is 0 Å². The molecule has 5 nitrogen and oxygen atoms in total. The summed E-state index contributed by atoms with van der Waals surface area (Å²) in [5, 5.41) is 4.25. The van der Waals surface area contributed by atoms with Gasteiger partial charge in [0, 0.05) is 44.3 Å². The zero-order valence-electron chi connectivity index (χ0n) is 13.9. The molecule has 0 aromatic carbocycles. The van der Waals surface area contributed by atoms with Crippen LogP contribution in [0.15, 0.2) is 11.2 Å². The number of nitrogens with zero attached hydrogens (tertiary/aromatic N) is 4. The van der Waals surface area contributed by atoms with Gasteiger partial charge in [0.25, 0.3) is 0 Å². The van der Waals surface area contributed by atoms with Crippen LogP contribution in [0.4, 0.5) is 13.2 Å². The average molecular weight is 477 g/mol. The Morgan fingerprint density at radius 3 is 2.46 bits per heavy atom. The van der Waals surface area contributed by atoms with Gasteiger partial charge in [-0.2, -0.15) is 13.2 Å². The molecule has 0 bridgehead atoms. The smallest absolute Gasteiger partial charge is 0.351 e. The maximum atomic E-state index is 12.8. The fraction of sp³-hybridized carbons (Fsp3) is 0.714. The number of nitrogens with one attached hydrogen (secondary N) is 1. The normalized spacial score (nSPS) is 18.2. The van der Waals surface area contributed by atoms with Crippen molar-refractivity contribution in [1.82, 2.24) is 20.1 Å². The van der Waals surface area contributed by atoms with Gasteiger partial charge < -0.3 is 10.2 Å². The lowest BCUT2D eigenvalue weighted by Crippen LogP contribution is -2.56. The van der Waals surface area contributed by atoms with Gasteiger partial charge in [-0.05, 0) is 13.8 Å². The predicted molar refractivity (Wildman–Crippen MR) is 101 cm³/mol. The van der Waals surface area contributed by atoms with E-state index in [4.69, 9.17) is 0 Å². The second-order valence-corrected chi connectivity index (χ2v) is 6.81. The Hall–Kier alpha value is -0.620. The van der Waals surface area contributed by atoms with Crippen molar-refractivity contribution in [3.63, 3.8) is 0 Å². The van der Waals surface area contributed by atoms with Gasteiger partial charge in [-0.1, -0.05) is 0 Å². The topological polar surface area (TPSA) is 43.8 Å². The number of halogens is 4. The van der Waals surface area contributed by atoms with Gasteiger partial charge in [-0.3, -0.25) is 9.89 Å². The third-order valence-corrected chi connectivity index (χ3v) is 4.85. The summed E-state index contributed by atoms with van der Waals surface area (Å²) < 4.78 is 38.3. The highest BCUT2D eigenvalue weighted by atomic mass is 127. The molecule has 1 aromatic rings. The highest BCUT2D eigenvalue weighted by Gasteiger charge is 2.41. The average Bonchev–Trinajstić information content (AvgIpc) is 2.92. The Morgan fingerprint density at radius 1 is 1.38 bits per heavy atom. The number of alkyl halides is 3. The number of thiazole rings is 1. The Balaban J connectivity index is 0.00000288. The number of hydrogen-bond acceptors (Lipinski definition) is 4. The minimum atomic E-state index is -4.17. The summed E-state index contributed by atoms with van der Waals surface area (Å²) in [5.41, 5.74) is 0. The molecule has 1 aromatic heterocycles. The van der Waals surface area contributed by atoms with Crippen molar-refractivity contribution in [2.45, 2.75) is 32.6 Å². The molecular weight excluding hydrogens is 454 g/mol. The summed E-state index contributed by atoms with van der Waals surface area (Å²) in [5.74, 6) is 0.718. The lowest BCUT2D eigenvalue weighted by molar-refractivity contribution is -0.181. The van der Waals surface area contributed by atoms with E-state index in [2.05, 4.69) is 15.3 Å². The number of piperazine rings is 1. The largest absolute Gasteiger partial charge is 0.403 e. The van der Waals surface area contributed by atoms with Crippen LogP contribution in [-0.4, -0.2) is 66.2 Å². The van der Waals surface area contributed by atoms with E-state index in [0.717, 1.165) is 15.8 Å². The molecule has 1 fully saturated rings. The minimum absolute atomic E-state index is 0. The van der Waals surface area contributed by atoms with E-state index in [1.165, 1.54) is 11.8 Å². The molecule has 0 spiro atoms. The van der Waals surface area contributed by atoms with Crippen molar-refractivity contribution < 1.29 is 13.2 Å². The third kappa shape index (κ3) is 5.73. The first kappa shape index (κ1) is 21.4. The number of aryl methyl sites for hydroxylation is 1. The van der Waals surface area contributed by atoms with E-state index in [0.29, 0.717) is 32.7 Å². The van der Waals surface area contributed by atoms with Gasteiger partial charge >= 0.3 is 6.18 Å². The first-order chi connectivity index (χ1) is 10.8. The second kappa shape index (κ2) is 9.18. The molecule has 1 N–H and O–H groups in total. The monoisotopic (exact) mass is 477 g/mol. The Labute approximate surface area is 161 Å². The number of guanidine groups is 1. The SMILES string of the molecule is CN=C(NCc1cnc(C)s1)N1CCN(C(C)C(F)(F)F)CC1.I. The van der Waals surface area contributed by atoms with Gasteiger partial charge in [0.1, 0.15) is 6.04 Å². The first-order valence-corrected chi connectivity index (χ1v) is 8.30. The van der Waals surface area contributed by atoms with Crippen LogP contribution in [0.1, 0.15) is 16.8 Å². The van der Waals surface area contributed by atoms with E-state index in [1.807, 2.05) is 18.0 Å². The zero-order chi connectivity index (χ0) is 17.0. The molecule has 10 heteroatoms. The molecule has 2 heterocycles. The molecule has 24 heavy (non-hydrogen) atoms. The van der Waals surface area contributed by atoms with E-state index in [1.54, 1.807) is 18.4 Å². The standard InChI is InChI=1S/C14H22F3N5S.HI/c1-10(14(15,16)17)21-4-6-22(7-5-21)13(18-3)20-9-12-8-19-11(2)23-12;/h8,10H,4-7,9H2,1-3H3,(H,18,20);1H. The lowest BCUT2D eigenvalue weighted by Gasteiger charge is -2.39. The molecule has 138 valence electrons. The van der Waals surface area contributed by atoms with Crippen molar-refractivity contribution in [1.29, 1.82) is 0 Å². The van der Waals surface area contributed by atoms with Crippen molar-refractivity contribution in [3.8, 4) is 0 Å². The first-order valence-electron chi connectivity index (χ1n) is 7.49. The maximum Gasteiger partial charge on any atom is 0.403 e. The van der Waals surface area contributed by atoms with Crippen LogP contribution in [0.3, 0.4) is 0 Å². The van der Waals surface area contributed by atoms with Gasteiger partial charge in [-0.15, -0.1) is 35.3 Å². The van der Waals surface area contributed by atoms with Crippen molar-refractivity contribution in [2.24, 2.45) is 4.99 Å². The number of hydrogen-bond donors (Lipinski definition) is 1. The summed E-state index contributed by atoms with van der Waals surface area (Å²) in [4.78, 5) is 13.0. The van der Waals surface area contributed by atoms with E-state index < -0.39 is 12.2 Å². The summed E-state index contributed by atoms with van der Waals surface area (Å²) in [6.45, 7) is 5.60. The van der Waals surface area contributed by atoms with Crippen LogP contribution in [-0.2, 0) is 6.54 Å². The molecule has 2 rings (SSSR count). The van der Waals surface area contributed by atoms with Crippen LogP contribution >= 0.6 is 35.3 Å². The van der Waals surface area contributed by atoms with Crippen molar-refractivity contribution in [2.75, 3.05) is 33.2 Å². The quantitative estimate of drug-likeness (QED) is 0.413. The lowest BCUT2D eigenvalue weighted by atomic mass is 10.2. The molecule has 1 aliphatic heterocycles. The molecule has 1 aliphatic rings. The molecule has 0 aliphatic carbocycles. The molecular formula is C14H23F3IN5S. The molecule has 0 saturated carbocycles. The van der Waals surface area contributed by atoms with Gasteiger partial charge in [0.2, 0.25) is 0 Å². The molecule has 0 amide bonds. The maximum absolute atomic E-state index is 12.8. The van der Waals surface area contributed by atoms with Gasteiger partial charge in [-0.25, -0.2) is 4.98 Å². The highest BCUT2D eigenvalue weighted by molar-refractivity contribution is 14.0. The second-order valence-electron chi connectivity index (χ2n) is 5.49. The van der Waals surface area contributed by atoms with E-state index in [9.17, 15) is 13.2 Å². The number of aromatic nitrogens is 1. The summed E-state index contributed by atoms with van der Waals surface area (Å²) in [6.07, 6.45) is -2.35. The highest BCUT2D eigenvalue weighted by Crippen LogP contribution is 2.25. The zero-order valence-corrected chi connectivity index (χ0v) is 17.1. The number of aliphatic imine (C=N–C) groups is 1. The molecule has 0 radical (unpaired) electrons. The molecule has 1 saturated heterocycles. The van der Waals surface area contributed by atoms with Crippen LogP contribution in [0, 0.1) is 6.92 Å². The molecule has 1 unspecified atom stereocenters. The summed E-state index contributed by atoms with van der Waals surface area (Å²) in [6, 6.07) is -1.40. The van der Waals surface area contributed by atoms with E-state index >= 15 is 0 Å². The Kier molecular flexibility index (Phi) is 8.20.